The Labute approximate surface area is 135 Å². The van der Waals surface area contributed by atoms with Crippen LogP contribution in [-0.2, 0) is 6.54 Å². The van der Waals surface area contributed by atoms with Crippen LogP contribution in [0.3, 0.4) is 0 Å². The largest absolute Gasteiger partial charge is 0.323 e. The third-order valence-corrected chi connectivity index (χ3v) is 3.61. The van der Waals surface area contributed by atoms with Gasteiger partial charge in [-0.05, 0) is 31.9 Å². The molecule has 1 aromatic heterocycles. The first-order valence-corrected chi connectivity index (χ1v) is 7.62. The lowest BCUT2D eigenvalue weighted by atomic mass is 10.2. The van der Waals surface area contributed by atoms with E-state index in [2.05, 4.69) is 29.6 Å². The Morgan fingerprint density at radius 2 is 1.95 bits per heavy atom. The number of hydrogen-bond acceptors (Lipinski definition) is 2. The van der Waals surface area contributed by atoms with Gasteiger partial charge in [-0.2, -0.15) is 5.10 Å². The molecule has 0 aliphatic carbocycles. The number of aromatic nitrogens is 2. The lowest BCUT2D eigenvalue weighted by molar-refractivity contribution is 0.262. The van der Waals surface area contributed by atoms with Crippen LogP contribution in [0.25, 0.3) is 0 Å². The summed E-state index contributed by atoms with van der Waals surface area (Å²) in [5, 5.41) is 10.6. The van der Waals surface area contributed by atoms with Crippen molar-refractivity contribution in [3.05, 3.63) is 40.7 Å². The molecule has 1 aromatic carbocycles. The fourth-order valence-corrected chi connectivity index (χ4v) is 2.41. The van der Waals surface area contributed by atoms with Crippen molar-refractivity contribution >= 4 is 29.0 Å². The molecule has 0 spiro atoms. The SMILES string of the molecule is Cc1nn(CC(C)C)c(C)c1NC(=O)Nc1ccccc1Cl. The molecule has 0 fully saturated rings. The van der Waals surface area contributed by atoms with Crippen molar-refractivity contribution in [3.8, 4) is 0 Å². The van der Waals surface area contributed by atoms with E-state index in [0.717, 1.165) is 23.6 Å². The van der Waals surface area contributed by atoms with Crippen LogP contribution in [0.4, 0.5) is 16.2 Å². The van der Waals surface area contributed by atoms with Crippen molar-refractivity contribution in [1.29, 1.82) is 0 Å². The van der Waals surface area contributed by atoms with E-state index in [1.807, 2.05) is 30.7 Å². The fourth-order valence-electron chi connectivity index (χ4n) is 2.23. The number of amides is 2. The average molecular weight is 321 g/mol. The second kappa shape index (κ2) is 6.83. The lowest BCUT2D eigenvalue weighted by Crippen LogP contribution is -2.20. The highest BCUT2D eigenvalue weighted by Crippen LogP contribution is 2.23. The van der Waals surface area contributed by atoms with E-state index in [-0.39, 0.29) is 6.03 Å². The van der Waals surface area contributed by atoms with Gasteiger partial charge in [-0.15, -0.1) is 0 Å². The van der Waals surface area contributed by atoms with Gasteiger partial charge in [-0.1, -0.05) is 37.6 Å². The van der Waals surface area contributed by atoms with Crippen LogP contribution < -0.4 is 10.6 Å². The first-order valence-electron chi connectivity index (χ1n) is 7.25. The number of halogens is 1. The average Bonchev–Trinajstić information content (AvgIpc) is 2.68. The Hall–Kier alpha value is -2.01. The molecule has 2 aromatic rings. The summed E-state index contributed by atoms with van der Waals surface area (Å²) in [6, 6.07) is 6.79. The van der Waals surface area contributed by atoms with E-state index in [1.165, 1.54) is 0 Å². The maximum absolute atomic E-state index is 12.2. The highest BCUT2D eigenvalue weighted by molar-refractivity contribution is 6.33. The van der Waals surface area contributed by atoms with Gasteiger partial charge in [0.15, 0.2) is 0 Å². The zero-order valence-electron chi connectivity index (χ0n) is 13.3. The molecule has 0 aliphatic heterocycles. The molecule has 2 N–H and O–H groups in total. The fraction of sp³-hybridized carbons (Fsp3) is 0.375. The number of aryl methyl sites for hydroxylation is 1. The molecule has 6 heteroatoms. The molecule has 22 heavy (non-hydrogen) atoms. The van der Waals surface area contributed by atoms with Gasteiger partial charge in [0.05, 0.1) is 27.8 Å². The zero-order chi connectivity index (χ0) is 16.3. The van der Waals surface area contributed by atoms with Gasteiger partial charge in [-0.3, -0.25) is 4.68 Å². The van der Waals surface area contributed by atoms with Gasteiger partial charge in [0.1, 0.15) is 0 Å². The van der Waals surface area contributed by atoms with E-state index >= 15 is 0 Å². The summed E-state index contributed by atoms with van der Waals surface area (Å²) in [4.78, 5) is 12.2. The van der Waals surface area contributed by atoms with E-state index < -0.39 is 0 Å². The normalized spacial score (nSPS) is 10.8. The summed E-state index contributed by atoms with van der Waals surface area (Å²) >= 11 is 6.04. The monoisotopic (exact) mass is 320 g/mol. The minimum Gasteiger partial charge on any atom is -0.306 e. The topological polar surface area (TPSA) is 59.0 Å². The quantitative estimate of drug-likeness (QED) is 0.874. The summed E-state index contributed by atoms with van der Waals surface area (Å²) in [5.74, 6) is 0.489. The van der Waals surface area contributed by atoms with E-state index in [1.54, 1.807) is 12.1 Å². The standard InChI is InChI=1S/C16H21ClN4O/c1-10(2)9-21-12(4)15(11(3)20-21)19-16(22)18-14-8-6-5-7-13(14)17/h5-8,10H,9H2,1-4H3,(H2,18,19,22). The molecule has 0 saturated heterocycles. The number of carbonyl (C=O) groups excluding carboxylic acids is 1. The van der Waals surface area contributed by atoms with Crippen LogP contribution in [0.2, 0.25) is 5.02 Å². The van der Waals surface area contributed by atoms with Crippen LogP contribution in [0.15, 0.2) is 24.3 Å². The molecule has 0 aliphatic rings. The number of para-hydroxylation sites is 1. The number of urea groups is 1. The third kappa shape index (κ3) is 3.80. The van der Waals surface area contributed by atoms with E-state index in [0.29, 0.717) is 16.6 Å². The minimum absolute atomic E-state index is 0.330. The first-order chi connectivity index (χ1) is 10.4. The van der Waals surface area contributed by atoms with Crippen LogP contribution in [0, 0.1) is 19.8 Å². The maximum Gasteiger partial charge on any atom is 0.323 e. The molecule has 2 amide bonds. The minimum atomic E-state index is -0.330. The number of hydrogen-bond donors (Lipinski definition) is 2. The van der Waals surface area contributed by atoms with Gasteiger partial charge in [0, 0.05) is 6.54 Å². The second-order valence-corrected chi connectivity index (χ2v) is 6.09. The summed E-state index contributed by atoms with van der Waals surface area (Å²) in [6.45, 7) is 8.92. The van der Waals surface area contributed by atoms with Crippen LogP contribution in [0.5, 0.6) is 0 Å². The van der Waals surface area contributed by atoms with Gasteiger partial charge >= 0.3 is 6.03 Å². The molecule has 5 nitrogen and oxygen atoms in total. The first kappa shape index (κ1) is 16.4. The Bertz CT molecular complexity index is 679. The predicted molar refractivity (Wildman–Crippen MR) is 90.6 cm³/mol. The molecule has 0 unspecified atom stereocenters. The summed E-state index contributed by atoms with van der Waals surface area (Å²) < 4.78 is 1.92. The molecule has 1 heterocycles. The molecule has 0 saturated carbocycles. The Kier molecular flexibility index (Phi) is 5.08. The predicted octanol–water partition coefficient (Wildman–Crippen LogP) is 4.45. The van der Waals surface area contributed by atoms with Crippen LogP contribution >= 0.6 is 11.6 Å². The van der Waals surface area contributed by atoms with Gasteiger partial charge in [-0.25, -0.2) is 4.79 Å². The molecule has 2 rings (SSSR count). The maximum atomic E-state index is 12.2. The van der Waals surface area contributed by atoms with Crippen LogP contribution in [0.1, 0.15) is 25.2 Å². The van der Waals surface area contributed by atoms with E-state index in [4.69, 9.17) is 11.6 Å². The van der Waals surface area contributed by atoms with Crippen molar-refractivity contribution in [2.75, 3.05) is 10.6 Å². The second-order valence-electron chi connectivity index (χ2n) is 5.68. The third-order valence-electron chi connectivity index (χ3n) is 3.28. The van der Waals surface area contributed by atoms with Crippen molar-refractivity contribution in [2.24, 2.45) is 5.92 Å². The van der Waals surface area contributed by atoms with E-state index in [9.17, 15) is 4.79 Å². The number of benzene rings is 1. The van der Waals surface area contributed by atoms with Gasteiger partial charge < -0.3 is 10.6 Å². The van der Waals surface area contributed by atoms with Crippen molar-refractivity contribution in [1.82, 2.24) is 9.78 Å². The van der Waals surface area contributed by atoms with Gasteiger partial charge in [0.2, 0.25) is 0 Å². The highest BCUT2D eigenvalue weighted by Gasteiger charge is 2.15. The van der Waals surface area contributed by atoms with Crippen molar-refractivity contribution < 1.29 is 4.79 Å². The highest BCUT2D eigenvalue weighted by atomic mass is 35.5. The van der Waals surface area contributed by atoms with Crippen LogP contribution in [-0.4, -0.2) is 15.8 Å². The zero-order valence-corrected chi connectivity index (χ0v) is 14.0. The van der Waals surface area contributed by atoms with Crippen molar-refractivity contribution in [3.63, 3.8) is 0 Å². The number of rotatable bonds is 4. The van der Waals surface area contributed by atoms with Crippen molar-refractivity contribution in [2.45, 2.75) is 34.2 Å². The molecular formula is C16H21ClN4O. The molecule has 118 valence electrons. The van der Waals surface area contributed by atoms with Gasteiger partial charge in [0.25, 0.3) is 0 Å². The summed E-state index contributed by atoms with van der Waals surface area (Å²) in [6.07, 6.45) is 0. The number of carbonyl (C=O) groups is 1. The molecule has 0 bridgehead atoms. The molecule has 0 radical (unpaired) electrons. The Morgan fingerprint density at radius 3 is 2.59 bits per heavy atom. The molecule has 0 atom stereocenters. The number of nitrogens with one attached hydrogen (secondary N) is 2. The lowest BCUT2D eigenvalue weighted by Gasteiger charge is -2.10. The number of anilines is 2. The Balaban J connectivity index is 2.12. The summed E-state index contributed by atoms with van der Waals surface area (Å²) in [5.41, 5.74) is 3.06. The number of nitrogens with zero attached hydrogens (tertiary/aromatic N) is 2. The Morgan fingerprint density at radius 1 is 1.27 bits per heavy atom. The smallest absolute Gasteiger partial charge is 0.306 e. The molecular weight excluding hydrogens is 300 g/mol. The summed E-state index contributed by atoms with van der Waals surface area (Å²) in [7, 11) is 0.